The third kappa shape index (κ3) is 1.70. The molecule has 2 aromatic rings. The third-order valence-electron chi connectivity index (χ3n) is 2.18. The number of thiazole rings is 1. The Morgan fingerprint density at radius 3 is 2.67 bits per heavy atom. The van der Waals surface area contributed by atoms with E-state index < -0.39 is 0 Å². The SMILES string of the molecule is CC(=O)c1cnc(-c2c(C)cnn2C)s1. The Balaban J connectivity index is 2.50. The van der Waals surface area contributed by atoms with Crippen molar-refractivity contribution >= 4 is 17.1 Å². The Kier molecular flexibility index (Phi) is 2.40. The molecule has 0 amide bonds. The average molecular weight is 221 g/mol. The highest BCUT2D eigenvalue weighted by atomic mass is 32.1. The molecule has 0 unspecified atom stereocenters. The van der Waals surface area contributed by atoms with Crippen molar-refractivity contribution in [3.63, 3.8) is 0 Å². The molecular weight excluding hydrogens is 210 g/mol. The first-order valence-electron chi connectivity index (χ1n) is 4.55. The lowest BCUT2D eigenvalue weighted by molar-refractivity contribution is 0.102. The van der Waals surface area contributed by atoms with E-state index >= 15 is 0 Å². The molecule has 4 nitrogen and oxygen atoms in total. The fourth-order valence-electron chi connectivity index (χ4n) is 1.40. The summed E-state index contributed by atoms with van der Waals surface area (Å²) >= 11 is 1.41. The molecule has 0 radical (unpaired) electrons. The molecule has 0 atom stereocenters. The zero-order valence-corrected chi connectivity index (χ0v) is 9.63. The van der Waals surface area contributed by atoms with Crippen molar-refractivity contribution in [3.8, 4) is 10.7 Å². The summed E-state index contributed by atoms with van der Waals surface area (Å²) < 4.78 is 1.78. The fraction of sp³-hybridized carbons (Fsp3) is 0.300. The summed E-state index contributed by atoms with van der Waals surface area (Å²) in [5.74, 6) is 0.0542. The molecule has 2 heterocycles. The number of nitrogens with zero attached hydrogens (tertiary/aromatic N) is 3. The first-order valence-corrected chi connectivity index (χ1v) is 5.37. The van der Waals surface area contributed by atoms with Gasteiger partial charge in [0.25, 0.3) is 0 Å². The lowest BCUT2D eigenvalue weighted by atomic mass is 10.3. The van der Waals surface area contributed by atoms with Crippen molar-refractivity contribution in [2.24, 2.45) is 7.05 Å². The van der Waals surface area contributed by atoms with Crippen LogP contribution in [0, 0.1) is 6.92 Å². The average Bonchev–Trinajstić information content (AvgIpc) is 2.73. The minimum Gasteiger partial charge on any atom is -0.294 e. The standard InChI is InChI=1S/C10H11N3OS/c1-6-4-12-13(3)9(6)10-11-5-8(15-10)7(2)14/h4-5H,1-3H3. The molecule has 0 saturated heterocycles. The first-order chi connectivity index (χ1) is 7.09. The Morgan fingerprint density at radius 2 is 2.20 bits per heavy atom. The number of hydrogen-bond acceptors (Lipinski definition) is 4. The molecule has 0 aliphatic heterocycles. The maximum absolute atomic E-state index is 11.1. The highest BCUT2D eigenvalue weighted by Gasteiger charge is 2.13. The summed E-state index contributed by atoms with van der Waals surface area (Å²) in [7, 11) is 1.87. The number of rotatable bonds is 2. The number of hydrogen-bond donors (Lipinski definition) is 0. The van der Waals surface area contributed by atoms with E-state index in [0.29, 0.717) is 4.88 Å². The van der Waals surface area contributed by atoms with Gasteiger partial charge in [-0.05, 0) is 12.5 Å². The maximum atomic E-state index is 11.1. The normalized spacial score (nSPS) is 10.6. The van der Waals surface area contributed by atoms with Crippen molar-refractivity contribution < 1.29 is 4.79 Å². The molecule has 0 N–H and O–H groups in total. The van der Waals surface area contributed by atoms with Gasteiger partial charge in [-0.2, -0.15) is 5.10 Å². The Morgan fingerprint density at radius 1 is 1.47 bits per heavy atom. The minimum atomic E-state index is 0.0542. The second kappa shape index (κ2) is 3.58. The number of ketones is 1. The molecule has 15 heavy (non-hydrogen) atoms. The van der Waals surface area contributed by atoms with Crippen LogP contribution in [-0.4, -0.2) is 20.5 Å². The van der Waals surface area contributed by atoms with Crippen LogP contribution >= 0.6 is 11.3 Å². The Bertz CT molecular complexity index is 493. The number of carbonyl (C=O) groups excluding carboxylic acids is 1. The molecule has 0 fully saturated rings. The summed E-state index contributed by atoms with van der Waals surface area (Å²) in [4.78, 5) is 16.1. The second-order valence-corrected chi connectivity index (χ2v) is 4.42. The lowest BCUT2D eigenvalue weighted by Gasteiger charge is -1.97. The molecule has 0 saturated carbocycles. The van der Waals surface area contributed by atoms with E-state index in [0.717, 1.165) is 16.3 Å². The van der Waals surface area contributed by atoms with Crippen molar-refractivity contribution in [3.05, 3.63) is 22.8 Å². The Labute approximate surface area is 91.6 Å². The van der Waals surface area contributed by atoms with Gasteiger partial charge >= 0.3 is 0 Å². The van der Waals surface area contributed by atoms with Crippen LogP contribution < -0.4 is 0 Å². The maximum Gasteiger partial charge on any atom is 0.171 e. The van der Waals surface area contributed by atoms with Gasteiger partial charge in [0, 0.05) is 20.2 Å². The molecule has 0 aliphatic carbocycles. The van der Waals surface area contributed by atoms with Crippen molar-refractivity contribution in [2.45, 2.75) is 13.8 Å². The van der Waals surface area contributed by atoms with Crippen LogP contribution in [0.4, 0.5) is 0 Å². The summed E-state index contributed by atoms with van der Waals surface area (Å²) in [5.41, 5.74) is 2.05. The van der Waals surface area contributed by atoms with E-state index in [-0.39, 0.29) is 5.78 Å². The van der Waals surface area contributed by atoms with Gasteiger partial charge in [0.05, 0.1) is 16.8 Å². The van der Waals surface area contributed by atoms with Gasteiger partial charge in [-0.3, -0.25) is 9.48 Å². The number of aromatic nitrogens is 3. The van der Waals surface area contributed by atoms with Crippen LogP contribution in [0.15, 0.2) is 12.4 Å². The van der Waals surface area contributed by atoms with Crippen LogP contribution in [0.2, 0.25) is 0 Å². The largest absolute Gasteiger partial charge is 0.294 e. The summed E-state index contributed by atoms with van der Waals surface area (Å²) in [6.07, 6.45) is 3.42. The summed E-state index contributed by atoms with van der Waals surface area (Å²) in [5, 5.41) is 4.99. The van der Waals surface area contributed by atoms with Crippen LogP contribution in [0.25, 0.3) is 10.7 Å². The van der Waals surface area contributed by atoms with Gasteiger partial charge in [-0.15, -0.1) is 11.3 Å². The molecule has 2 aromatic heterocycles. The number of aryl methyl sites for hydroxylation is 2. The minimum absolute atomic E-state index is 0.0542. The van der Waals surface area contributed by atoms with Crippen molar-refractivity contribution in [1.82, 2.24) is 14.8 Å². The third-order valence-corrected chi connectivity index (χ3v) is 3.28. The molecule has 5 heteroatoms. The van der Waals surface area contributed by atoms with Gasteiger partial charge < -0.3 is 0 Å². The highest BCUT2D eigenvalue weighted by Crippen LogP contribution is 2.27. The smallest absolute Gasteiger partial charge is 0.171 e. The molecule has 0 aromatic carbocycles. The number of Topliss-reactive ketones (excluding diaryl/α,β-unsaturated/α-hetero) is 1. The lowest BCUT2D eigenvalue weighted by Crippen LogP contribution is -1.93. The molecular formula is C10H11N3OS. The number of carbonyl (C=O) groups is 1. The monoisotopic (exact) mass is 221 g/mol. The van der Waals surface area contributed by atoms with Crippen molar-refractivity contribution in [2.75, 3.05) is 0 Å². The summed E-state index contributed by atoms with van der Waals surface area (Å²) in [6, 6.07) is 0. The van der Waals surface area contributed by atoms with Crippen LogP contribution in [0.1, 0.15) is 22.2 Å². The highest BCUT2D eigenvalue weighted by molar-refractivity contribution is 7.16. The van der Waals surface area contributed by atoms with Crippen molar-refractivity contribution in [1.29, 1.82) is 0 Å². The quantitative estimate of drug-likeness (QED) is 0.729. The van der Waals surface area contributed by atoms with E-state index in [2.05, 4.69) is 10.1 Å². The predicted octanol–water partition coefficient (Wildman–Crippen LogP) is 2.05. The Hall–Kier alpha value is -1.49. The summed E-state index contributed by atoms with van der Waals surface area (Å²) in [6.45, 7) is 3.53. The van der Waals surface area contributed by atoms with Gasteiger partial charge in [0.2, 0.25) is 0 Å². The molecule has 0 spiro atoms. The van der Waals surface area contributed by atoms with Gasteiger partial charge in [-0.25, -0.2) is 4.98 Å². The van der Waals surface area contributed by atoms with Gasteiger partial charge in [-0.1, -0.05) is 0 Å². The molecule has 78 valence electrons. The van der Waals surface area contributed by atoms with Gasteiger partial charge in [0.15, 0.2) is 5.78 Å². The second-order valence-electron chi connectivity index (χ2n) is 3.39. The van der Waals surface area contributed by atoms with E-state index in [1.54, 1.807) is 24.0 Å². The first kappa shape index (κ1) is 10.0. The van der Waals surface area contributed by atoms with E-state index in [1.807, 2.05) is 14.0 Å². The van der Waals surface area contributed by atoms with Gasteiger partial charge in [0.1, 0.15) is 5.01 Å². The van der Waals surface area contributed by atoms with Crippen LogP contribution in [0.3, 0.4) is 0 Å². The topological polar surface area (TPSA) is 47.8 Å². The molecule has 2 rings (SSSR count). The van der Waals surface area contributed by atoms with Crippen LogP contribution in [-0.2, 0) is 7.05 Å². The van der Waals surface area contributed by atoms with E-state index in [1.165, 1.54) is 11.3 Å². The van der Waals surface area contributed by atoms with E-state index in [9.17, 15) is 4.79 Å². The van der Waals surface area contributed by atoms with Crippen LogP contribution in [0.5, 0.6) is 0 Å². The zero-order valence-electron chi connectivity index (χ0n) is 8.81. The van der Waals surface area contributed by atoms with E-state index in [4.69, 9.17) is 0 Å². The predicted molar refractivity (Wildman–Crippen MR) is 59.1 cm³/mol. The fourth-order valence-corrected chi connectivity index (χ4v) is 2.35. The molecule has 0 aliphatic rings. The zero-order chi connectivity index (χ0) is 11.0. The molecule has 0 bridgehead atoms.